The summed E-state index contributed by atoms with van der Waals surface area (Å²) >= 11 is 0. The maximum atomic E-state index is 12.3. The van der Waals surface area contributed by atoms with E-state index >= 15 is 0 Å². The highest BCUT2D eigenvalue weighted by molar-refractivity contribution is 5.98. The summed E-state index contributed by atoms with van der Waals surface area (Å²) in [6.07, 6.45) is 7.54. The van der Waals surface area contributed by atoms with E-state index in [0.717, 1.165) is 25.0 Å². The Bertz CT molecular complexity index is 725. The van der Waals surface area contributed by atoms with Crippen molar-refractivity contribution in [2.24, 2.45) is 0 Å². The lowest BCUT2D eigenvalue weighted by Gasteiger charge is -2.21. The van der Waals surface area contributed by atoms with Crippen molar-refractivity contribution < 1.29 is 14.0 Å². The number of nitrogens with one attached hydrogen (secondary N) is 1. The highest BCUT2D eigenvalue weighted by Crippen LogP contribution is 2.32. The largest absolute Gasteiger partial charge is 0.469 e. The molecule has 1 N–H and O–H groups in total. The second-order valence-electron chi connectivity index (χ2n) is 6.10. The van der Waals surface area contributed by atoms with E-state index in [1.165, 1.54) is 6.20 Å². The molecule has 24 heavy (non-hydrogen) atoms. The molecule has 1 aliphatic rings. The van der Waals surface area contributed by atoms with E-state index in [1.54, 1.807) is 6.26 Å². The lowest BCUT2D eigenvalue weighted by atomic mass is 9.85. The topological polar surface area (TPSA) is 85.1 Å². The number of carbonyl (C=O) groups excluding carboxylic acids is 2. The molecule has 126 valence electrons. The van der Waals surface area contributed by atoms with Crippen LogP contribution in [0, 0.1) is 0 Å². The van der Waals surface area contributed by atoms with Crippen LogP contribution in [0.5, 0.6) is 0 Å². The lowest BCUT2D eigenvalue weighted by Crippen LogP contribution is -2.22. The van der Waals surface area contributed by atoms with Crippen LogP contribution in [0.25, 0.3) is 0 Å². The van der Waals surface area contributed by atoms with E-state index < -0.39 is 0 Å². The van der Waals surface area contributed by atoms with Crippen LogP contribution >= 0.6 is 0 Å². The minimum Gasteiger partial charge on any atom is -0.469 e. The van der Waals surface area contributed by atoms with Crippen LogP contribution in [-0.2, 0) is 11.2 Å². The van der Waals surface area contributed by atoms with Gasteiger partial charge in [-0.3, -0.25) is 14.9 Å². The summed E-state index contributed by atoms with van der Waals surface area (Å²) in [4.78, 5) is 32.7. The van der Waals surface area contributed by atoms with Crippen molar-refractivity contribution in [2.45, 2.75) is 51.4 Å². The summed E-state index contributed by atoms with van der Waals surface area (Å²) in [5, 5.41) is 2.72. The molecule has 0 saturated carbocycles. The molecule has 0 aromatic carbocycles. The fourth-order valence-corrected chi connectivity index (χ4v) is 2.95. The van der Waals surface area contributed by atoms with Crippen LogP contribution in [0.1, 0.15) is 66.8 Å². The molecule has 0 spiro atoms. The van der Waals surface area contributed by atoms with E-state index in [0.29, 0.717) is 30.5 Å². The number of amides is 1. The van der Waals surface area contributed by atoms with Gasteiger partial charge in [-0.25, -0.2) is 9.97 Å². The number of fused-ring (bicyclic) bond motifs is 1. The van der Waals surface area contributed by atoms with E-state index in [9.17, 15) is 9.59 Å². The lowest BCUT2D eigenvalue weighted by molar-refractivity contribution is -0.116. The first-order valence-electron chi connectivity index (χ1n) is 8.39. The smallest absolute Gasteiger partial charge is 0.229 e. The van der Waals surface area contributed by atoms with Gasteiger partial charge in [0.1, 0.15) is 5.76 Å². The van der Waals surface area contributed by atoms with Gasteiger partial charge in [0.15, 0.2) is 5.78 Å². The Balaban J connectivity index is 1.72. The molecule has 6 nitrogen and oxygen atoms in total. The number of Topliss-reactive ketones (excluding diaryl/α,β-unsaturated/α-hetero) is 1. The number of carbonyl (C=O) groups is 2. The fraction of sp³-hybridized carbons (Fsp3) is 0.444. The normalized spacial score (nSPS) is 16.7. The molecule has 0 fully saturated rings. The quantitative estimate of drug-likeness (QED) is 0.821. The minimum absolute atomic E-state index is 0.0111. The molecule has 1 amide bonds. The van der Waals surface area contributed by atoms with Gasteiger partial charge in [-0.15, -0.1) is 0 Å². The first-order chi connectivity index (χ1) is 11.7. The average molecular weight is 327 g/mol. The molecule has 0 aliphatic heterocycles. The van der Waals surface area contributed by atoms with E-state index in [1.807, 2.05) is 12.1 Å². The highest BCUT2D eigenvalue weighted by atomic mass is 16.3. The molecule has 2 heterocycles. The number of nitrogens with zero attached hydrogens (tertiary/aromatic N) is 2. The first kappa shape index (κ1) is 16.4. The zero-order valence-electron chi connectivity index (χ0n) is 13.7. The average Bonchev–Trinajstić information content (AvgIpc) is 3.09. The molecule has 1 atom stereocenters. The number of hydrogen-bond donors (Lipinski definition) is 1. The Hall–Kier alpha value is -2.50. The van der Waals surface area contributed by atoms with Crippen molar-refractivity contribution in [2.75, 3.05) is 5.32 Å². The SMILES string of the molecule is CCCCCC(=O)Nc1ncc2c(n1)C[C@H](c1ccco1)CC2=O. The van der Waals surface area contributed by atoms with E-state index in [4.69, 9.17) is 4.42 Å². The van der Waals surface area contributed by atoms with Gasteiger partial charge in [-0.2, -0.15) is 0 Å². The number of rotatable bonds is 6. The zero-order valence-corrected chi connectivity index (χ0v) is 13.7. The predicted octanol–water partition coefficient (Wildman–Crippen LogP) is 3.50. The van der Waals surface area contributed by atoms with E-state index in [2.05, 4.69) is 22.2 Å². The molecule has 2 aromatic rings. The summed E-state index contributed by atoms with van der Waals surface area (Å²) in [6.45, 7) is 2.09. The van der Waals surface area contributed by atoms with Crippen LogP contribution < -0.4 is 5.32 Å². The summed E-state index contributed by atoms with van der Waals surface area (Å²) in [7, 11) is 0. The summed E-state index contributed by atoms with van der Waals surface area (Å²) in [6, 6.07) is 3.69. The number of unbranched alkanes of at least 4 members (excludes halogenated alkanes) is 2. The monoisotopic (exact) mass is 327 g/mol. The Morgan fingerprint density at radius 2 is 2.25 bits per heavy atom. The molecule has 0 unspecified atom stereocenters. The summed E-state index contributed by atoms with van der Waals surface area (Å²) < 4.78 is 5.42. The molecular weight excluding hydrogens is 306 g/mol. The Kier molecular flexibility index (Phi) is 5.03. The molecule has 6 heteroatoms. The standard InChI is InChI=1S/C18H21N3O3/c1-2-3-4-7-17(23)21-18-19-11-13-14(20-18)9-12(10-15(13)22)16-6-5-8-24-16/h5-6,8,11-12H,2-4,7,9-10H2,1H3,(H,19,20,21,23)/t12-/m0/s1. The summed E-state index contributed by atoms with van der Waals surface area (Å²) in [5.74, 6) is 0.968. The maximum absolute atomic E-state index is 12.3. The van der Waals surface area contributed by atoms with Gasteiger partial charge in [0.25, 0.3) is 0 Å². The van der Waals surface area contributed by atoms with Crippen LogP contribution in [-0.4, -0.2) is 21.7 Å². The highest BCUT2D eigenvalue weighted by Gasteiger charge is 2.29. The number of ketones is 1. The summed E-state index contributed by atoms with van der Waals surface area (Å²) in [5.41, 5.74) is 1.22. The van der Waals surface area contributed by atoms with Gasteiger partial charge >= 0.3 is 0 Å². The van der Waals surface area contributed by atoms with Gasteiger partial charge in [-0.05, 0) is 18.6 Å². The van der Waals surface area contributed by atoms with Gasteiger partial charge in [0, 0.05) is 31.4 Å². The molecule has 1 aliphatic carbocycles. The number of anilines is 1. The van der Waals surface area contributed by atoms with Gasteiger partial charge in [0.2, 0.25) is 11.9 Å². The molecule has 0 saturated heterocycles. The van der Waals surface area contributed by atoms with Crippen molar-refractivity contribution in [1.82, 2.24) is 9.97 Å². The van der Waals surface area contributed by atoms with Crippen molar-refractivity contribution in [3.8, 4) is 0 Å². The van der Waals surface area contributed by atoms with Gasteiger partial charge in [-0.1, -0.05) is 19.8 Å². The van der Waals surface area contributed by atoms with Gasteiger partial charge < -0.3 is 4.42 Å². The second-order valence-corrected chi connectivity index (χ2v) is 6.10. The zero-order chi connectivity index (χ0) is 16.9. The van der Waals surface area contributed by atoms with Crippen LogP contribution in [0.4, 0.5) is 5.95 Å². The van der Waals surface area contributed by atoms with Gasteiger partial charge in [0.05, 0.1) is 17.5 Å². The van der Waals surface area contributed by atoms with Crippen molar-refractivity contribution in [1.29, 1.82) is 0 Å². The molecule has 0 radical (unpaired) electrons. The minimum atomic E-state index is -0.0897. The molecule has 3 rings (SSSR count). The maximum Gasteiger partial charge on any atom is 0.229 e. The Morgan fingerprint density at radius 3 is 3.00 bits per heavy atom. The third-order valence-electron chi connectivity index (χ3n) is 4.24. The fourth-order valence-electron chi connectivity index (χ4n) is 2.95. The first-order valence-corrected chi connectivity index (χ1v) is 8.39. The Morgan fingerprint density at radius 1 is 1.38 bits per heavy atom. The number of furan rings is 1. The predicted molar refractivity (Wildman–Crippen MR) is 88.9 cm³/mol. The molecular formula is C18H21N3O3. The third kappa shape index (κ3) is 3.69. The molecule has 0 bridgehead atoms. The Labute approximate surface area is 140 Å². The van der Waals surface area contributed by atoms with Crippen molar-refractivity contribution in [3.63, 3.8) is 0 Å². The van der Waals surface area contributed by atoms with Crippen molar-refractivity contribution in [3.05, 3.63) is 41.6 Å². The van der Waals surface area contributed by atoms with Crippen LogP contribution in [0.2, 0.25) is 0 Å². The van der Waals surface area contributed by atoms with Crippen LogP contribution in [0.3, 0.4) is 0 Å². The van der Waals surface area contributed by atoms with Crippen LogP contribution in [0.15, 0.2) is 29.0 Å². The number of hydrogen-bond acceptors (Lipinski definition) is 5. The van der Waals surface area contributed by atoms with Crippen molar-refractivity contribution >= 4 is 17.6 Å². The molecule has 2 aromatic heterocycles. The number of aromatic nitrogens is 2. The second kappa shape index (κ2) is 7.38. The third-order valence-corrected chi connectivity index (χ3v) is 4.24. The van der Waals surface area contributed by atoms with E-state index in [-0.39, 0.29) is 23.6 Å².